The molecule has 0 aliphatic heterocycles. The van der Waals surface area contributed by atoms with E-state index in [2.05, 4.69) is 21.2 Å². The molecular weight excluding hydrogens is 352 g/mol. The first-order valence-corrected chi connectivity index (χ1v) is 6.77. The lowest BCUT2D eigenvalue weighted by atomic mass is 10.1. The Hall–Kier alpha value is -1.46. The third-order valence-corrected chi connectivity index (χ3v) is 3.60. The van der Waals surface area contributed by atoms with Crippen molar-refractivity contribution in [3.8, 4) is 0 Å². The molecule has 0 radical (unpaired) electrons. The summed E-state index contributed by atoms with van der Waals surface area (Å²) in [6.07, 6.45) is 0. The second-order valence-corrected chi connectivity index (χ2v) is 5.45. The Kier molecular flexibility index (Phi) is 4.40. The minimum absolute atomic E-state index is 0.196. The van der Waals surface area contributed by atoms with Crippen molar-refractivity contribution in [2.24, 2.45) is 0 Å². The first-order chi connectivity index (χ1) is 9.38. The first-order valence-electron chi connectivity index (χ1n) is 5.60. The molecular formula is C14H9BrClF2NO. The zero-order chi connectivity index (χ0) is 14.9. The van der Waals surface area contributed by atoms with Crippen LogP contribution in [0.15, 0.2) is 34.8 Å². The van der Waals surface area contributed by atoms with Crippen LogP contribution in [-0.2, 0) is 0 Å². The summed E-state index contributed by atoms with van der Waals surface area (Å²) in [6, 6.07) is 6.68. The highest BCUT2D eigenvalue weighted by atomic mass is 79.9. The maximum atomic E-state index is 13.6. The van der Waals surface area contributed by atoms with Crippen LogP contribution in [0.5, 0.6) is 0 Å². The van der Waals surface area contributed by atoms with Gasteiger partial charge in [-0.2, -0.15) is 0 Å². The number of benzene rings is 2. The fourth-order valence-electron chi connectivity index (χ4n) is 1.61. The molecule has 0 spiro atoms. The van der Waals surface area contributed by atoms with Gasteiger partial charge < -0.3 is 5.32 Å². The summed E-state index contributed by atoms with van der Waals surface area (Å²) in [6.45, 7) is 1.46. The molecule has 20 heavy (non-hydrogen) atoms. The van der Waals surface area contributed by atoms with Crippen molar-refractivity contribution >= 4 is 39.1 Å². The van der Waals surface area contributed by atoms with Crippen molar-refractivity contribution in [3.05, 3.63) is 62.6 Å². The monoisotopic (exact) mass is 359 g/mol. The van der Waals surface area contributed by atoms with Crippen LogP contribution in [0.4, 0.5) is 14.5 Å². The maximum absolute atomic E-state index is 13.6. The standard InChI is InChI=1S/C14H9BrClF2NO/c1-7-4-9(12(18)6-11(7)17)14(20)19-13-5-8(16)2-3-10(13)15/h2-6H,1H3,(H,19,20). The molecule has 2 rings (SSSR count). The number of hydrogen-bond donors (Lipinski definition) is 1. The van der Waals surface area contributed by atoms with E-state index in [4.69, 9.17) is 11.6 Å². The SMILES string of the molecule is Cc1cc(C(=O)Nc2cc(Cl)ccc2Br)c(F)cc1F. The van der Waals surface area contributed by atoms with Gasteiger partial charge in [0, 0.05) is 15.6 Å². The van der Waals surface area contributed by atoms with Gasteiger partial charge in [0.2, 0.25) is 0 Å². The lowest BCUT2D eigenvalue weighted by molar-refractivity contribution is 0.102. The predicted octanol–water partition coefficient (Wildman–Crippen LogP) is 4.94. The number of carbonyl (C=O) groups excluding carboxylic acids is 1. The largest absolute Gasteiger partial charge is 0.321 e. The topological polar surface area (TPSA) is 29.1 Å². The van der Waals surface area contributed by atoms with Gasteiger partial charge in [-0.3, -0.25) is 4.79 Å². The van der Waals surface area contributed by atoms with Crippen molar-refractivity contribution < 1.29 is 13.6 Å². The summed E-state index contributed by atoms with van der Waals surface area (Å²) in [7, 11) is 0. The highest BCUT2D eigenvalue weighted by Gasteiger charge is 2.15. The van der Waals surface area contributed by atoms with Crippen LogP contribution in [0.3, 0.4) is 0 Å². The van der Waals surface area contributed by atoms with Crippen LogP contribution in [0, 0.1) is 18.6 Å². The summed E-state index contributed by atoms with van der Waals surface area (Å²) in [5.74, 6) is -2.28. The van der Waals surface area contributed by atoms with Crippen LogP contribution >= 0.6 is 27.5 Å². The minimum Gasteiger partial charge on any atom is -0.321 e. The van der Waals surface area contributed by atoms with E-state index >= 15 is 0 Å². The summed E-state index contributed by atoms with van der Waals surface area (Å²) < 4.78 is 27.4. The van der Waals surface area contributed by atoms with Gasteiger partial charge in [-0.05, 0) is 52.7 Å². The number of anilines is 1. The first kappa shape index (κ1) is 14.9. The van der Waals surface area contributed by atoms with Gasteiger partial charge in [0.25, 0.3) is 5.91 Å². The Morgan fingerprint density at radius 1 is 1.20 bits per heavy atom. The number of rotatable bonds is 2. The average molecular weight is 361 g/mol. The molecule has 0 saturated heterocycles. The maximum Gasteiger partial charge on any atom is 0.258 e. The van der Waals surface area contributed by atoms with Crippen molar-refractivity contribution in [1.29, 1.82) is 0 Å². The third-order valence-electron chi connectivity index (χ3n) is 2.67. The molecule has 6 heteroatoms. The number of hydrogen-bond acceptors (Lipinski definition) is 1. The van der Waals surface area contributed by atoms with Gasteiger partial charge in [0.1, 0.15) is 11.6 Å². The normalized spacial score (nSPS) is 10.4. The number of halogens is 4. The molecule has 0 heterocycles. The average Bonchev–Trinajstić information content (AvgIpc) is 2.38. The van der Waals surface area contributed by atoms with E-state index in [-0.39, 0.29) is 11.1 Å². The van der Waals surface area contributed by atoms with Crippen molar-refractivity contribution in [3.63, 3.8) is 0 Å². The van der Waals surface area contributed by atoms with E-state index in [0.29, 0.717) is 21.2 Å². The quantitative estimate of drug-likeness (QED) is 0.807. The van der Waals surface area contributed by atoms with Crippen LogP contribution in [0.25, 0.3) is 0 Å². The highest BCUT2D eigenvalue weighted by molar-refractivity contribution is 9.10. The van der Waals surface area contributed by atoms with E-state index in [1.54, 1.807) is 12.1 Å². The van der Waals surface area contributed by atoms with E-state index in [9.17, 15) is 13.6 Å². The molecule has 0 fully saturated rings. The van der Waals surface area contributed by atoms with E-state index in [1.807, 2.05) is 0 Å². The lowest BCUT2D eigenvalue weighted by Gasteiger charge is -2.09. The fraction of sp³-hybridized carbons (Fsp3) is 0.0714. The van der Waals surface area contributed by atoms with Gasteiger partial charge >= 0.3 is 0 Å². The Bertz CT molecular complexity index is 691. The number of aryl methyl sites for hydroxylation is 1. The van der Waals surface area contributed by atoms with E-state index < -0.39 is 17.5 Å². The number of nitrogens with one attached hydrogen (secondary N) is 1. The van der Waals surface area contributed by atoms with Crippen LogP contribution in [0.1, 0.15) is 15.9 Å². The molecule has 0 aliphatic carbocycles. The molecule has 2 aromatic rings. The van der Waals surface area contributed by atoms with Crippen molar-refractivity contribution in [2.75, 3.05) is 5.32 Å². The predicted molar refractivity (Wildman–Crippen MR) is 78.2 cm³/mol. The molecule has 0 saturated carbocycles. The van der Waals surface area contributed by atoms with Gasteiger partial charge in [-0.25, -0.2) is 8.78 Å². The molecule has 0 bridgehead atoms. The van der Waals surface area contributed by atoms with Gasteiger partial charge in [0.15, 0.2) is 0 Å². The molecule has 2 aromatic carbocycles. The summed E-state index contributed by atoms with van der Waals surface area (Å²) in [5, 5.41) is 2.95. The van der Waals surface area contributed by atoms with Crippen molar-refractivity contribution in [1.82, 2.24) is 0 Å². The second kappa shape index (κ2) is 5.89. The third kappa shape index (κ3) is 3.16. The second-order valence-electron chi connectivity index (χ2n) is 4.16. The lowest BCUT2D eigenvalue weighted by Crippen LogP contribution is -2.14. The van der Waals surface area contributed by atoms with E-state index in [0.717, 1.165) is 0 Å². The molecule has 0 atom stereocenters. The summed E-state index contributed by atoms with van der Waals surface area (Å²) in [5.41, 5.74) is 0.376. The molecule has 104 valence electrons. The number of carbonyl (C=O) groups is 1. The molecule has 1 amide bonds. The Morgan fingerprint density at radius 3 is 2.60 bits per heavy atom. The van der Waals surface area contributed by atoms with Gasteiger partial charge in [-0.15, -0.1) is 0 Å². The zero-order valence-corrected chi connectivity index (χ0v) is 12.6. The molecule has 0 aromatic heterocycles. The molecule has 0 aliphatic rings. The molecule has 1 N–H and O–H groups in total. The van der Waals surface area contributed by atoms with E-state index in [1.165, 1.54) is 19.1 Å². The van der Waals surface area contributed by atoms with Crippen LogP contribution in [0.2, 0.25) is 5.02 Å². The smallest absolute Gasteiger partial charge is 0.258 e. The highest BCUT2D eigenvalue weighted by Crippen LogP contribution is 2.26. The molecule has 2 nitrogen and oxygen atoms in total. The van der Waals surface area contributed by atoms with Crippen molar-refractivity contribution in [2.45, 2.75) is 6.92 Å². The van der Waals surface area contributed by atoms with Gasteiger partial charge in [-0.1, -0.05) is 11.6 Å². The Morgan fingerprint density at radius 2 is 1.90 bits per heavy atom. The zero-order valence-electron chi connectivity index (χ0n) is 10.3. The van der Waals surface area contributed by atoms with Gasteiger partial charge in [0.05, 0.1) is 11.3 Å². The number of amides is 1. The Balaban J connectivity index is 2.33. The fourth-order valence-corrected chi connectivity index (χ4v) is 2.13. The summed E-state index contributed by atoms with van der Waals surface area (Å²) >= 11 is 9.08. The molecule has 0 unspecified atom stereocenters. The van der Waals surface area contributed by atoms with Crippen LogP contribution in [-0.4, -0.2) is 5.91 Å². The summed E-state index contributed by atoms with van der Waals surface area (Å²) in [4.78, 5) is 12.0. The minimum atomic E-state index is -0.913. The van der Waals surface area contributed by atoms with Crippen LogP contribution < -0.4 is 5.32 Å². The Labute approximate surface area is 127 Å².